The molecule has 1 heterocycles. The number of ether oxygens (including phenoxy) is 1. The van der Waals surface area contributed by atoms with Crippen molar-refractivity contribution in [3.63, 3.8) is 0 Å². The number of nitrogens with zero attached hydrogens (tertiary/aromatic N) is 1. The Balaban J connectivity index is 1.97. The lowest BCUT2D eigenvalue weighted by Gasteiger charge is -2.39. The Labute approximate surface area is 132 Å². The van der Waals surface area contributed by atoms with Gasteiger partial charge in [0.25, 0.3) is 0 Å². The van der Waals surface area contributed by atoms with Gasteiger partial charge in [-0.25, -0.2) is 8.78 Å². The summed E-state index contributed by atoms with van der Waals surface area (Å²) >= 11 is 0. The molecular formula is C16H20F5NO. The molecule has 1 fully saturated rings. The van der Waals surface area contributed by atoms with E-state index in [-0.39, 0.29) is 36.9 Å². The maximum Gasteiger partial charge on any atom is 0.401 e. The van der Waals surface area contributed by atoms with Crippen LogP contribution in [0.1, 0.15) is 26.3 Å². The van der Waals surface area contributed by atoms with E-state index < -0.39 is 29.8 Å². The zero-order valence-electron chi connectivity index (χ0n) is 13.3. The summed E-state index contributed by atoms with van der Waals surface area (Å²) in [7, 11) is 0. The van der Waals surface area contributed by atoms with Crippen molar-refractivity contribution in [3.05, 3.63) is 29.3 Å². The average Bonchev–Trinajstić information content (AvgIpc) is 2.27. The highest BCUT2D eigenvalue weighted by molar-refractivity contribution is 5.40. The second kappa shape index (κ2) is 6.26. The summed E-state index contributed by atoms with van der Waals surface area (Å²) in [6, 6.07) is 1.93. The van der Waals surface area contributed by atoms with Gasteiger partial charge in [0.15, 0.2) is 0 Å². The van der Waals surface area contributed by atoms with Crippen LogP contribution in [-0.2, 0) is 5.41 Å². The molecule has 1 aromatic carbocycles. The van der Waals surface area contributed by atoms with Crippen molar-refractivity contribution in [1.82, 2.24) is 4.90 Å². The molecule has 1 aromatic rings. The lowest BCUT2D eigenvalue weighted by atomic mass is 9.86. The van der Waals surface area contributed by atoms with E-state index in [2.05, 4.69) is 0 Å². The number of hydrogen-bond donors (Lipinski definition) is 0. The number of hydrogen-bond acceptors (Lipinski definition) is 2. The molecule has 0 amide bonds. The highest BCUT2D eigenvalue weighted by atomic mass is 19.4. The Hall–Kier alpha value is -1.37. The summed E-state index contributed by atoms with van der Waals surface area (Å²) in [6.45, 7) is 5.08. The molecule has 0 radical (unpaired) electrons. The summed E-state index contributed by atoms with van der Waals surface area (Å²) < 4.78 is 69.6. The normalized spacial score (nSPS) is 17.2. The third-order valence-electron chi connectivity index (χ3n) is 3.68. The van der Waals surface area contributed by atoms with Crippen LogP contribution in [0.25, 0.3) is 0 Å². The topological polar surface area (TPSA) is 12.5 Å². The minimum absolute atomic E-state index is 0.0727. The summed E-state index contributed by atoms with van der Waals surface area (Å²) in [4.78, 5) is 1.27. The summed E-state index contributed by atoms with van der Waals surface area (Å²) in [6.07, 6.45) is -4.21. The molecule has 2 nitrogen and oxygen atoms in total. The van der Waals surface area contributed by atoms with Crippen LogP contribution in [0.15, 0.2) is 12.1 Å². The number of benzene rings is 1. The molecule has 1 aliphatic heterocycles. The smallest absolute Gasteiger partial charge is 0.401 e. The molecule has 0 unspecified atom stereocenters. The zero-order chi connectivity index (χ0) is 17.4. The summed E-state index contributed by atoms with van der Waals surface area (Å²) in [5, 5.41) is 0. The number of rotatable bonds is 4. The van der Waals surface area contributed by atoms with Crippen molar-refractivity contribution in [3.8, 4) is 5.75 Å². The second-order valence-corrected chi connectivity index (χ2v) is 7.00. The van der Waals surface area contributed by atoms with Gasteiger partial charge >= 0.3 is 6.18 Å². The molecule has 1 saturated heterocycles. The van der Waals surface area contributed by atoms with Crippen molar-refractivity contribution in [1.29, 1.82) is 0 Å². The standard InChI is InChI=1S/C16H20F5NO/c1-15(2,3)14-12(18)4-11(17)5-13(14)23-8-10-6-22(7-10)9-16(19,20)21/h4-5,10H,6-9H2,1-3H3. The van der Waals surface area contributed by atoms with Crippen molar-refractivity contribution in [2.75, 3.05) is 26.2 Å². The predicted molar refractivity (Wildman–Crippen MR) is 76.5 cm³/mol. The highest BCUT2D eigenvalue weighted by Gasteiger charge is 2.37. The Bertz CT molecular complexity index is 559. The van der Waals surface area contributed by atoms with Gasteiger partial charge in [-0.05, 0) is 5.41 Å². The van der Waals surface area contributed by atoms with Crippen LogP contribution < -0.4 is 4.74 Å². The molecule has 0 aliphatic carbocycles. The molecular weight excluding hydrogens is 317 g/mol. The quantitative estimate of drug-likeness (QED) is 0.766. The van der Waals surface area contributed by atoms with Gasteiger partial charge < -0.3 is 4.74 Å². The molecule has 1 aliphatic rings. The Morgan fingerprint density at radius 3 is 2.26 bits per heavy atom. The van der Waals surface area contributed by atoms with Gasteiger partial charge in [-0.3, -0.25) is 4.90 Å². The van der Waals surface area contributed by atoms with Gasteiger partial charge in [0.2, 0.25) is 0 Å². The first kappa shape index (κ1) is 18.0. The Morgan fingerprint density at radius 2 is 1.74 bits per heavy atom. The SMILES string of the molecule is CC(C)(C)c1c(F)cc(F)cc1OCC1CN(CC(F)(F)F)C1. The zero-order valence-corrected chi connectivity index (χ0v) is 13.3. The van der Waals surface area contributed by atoms with Gasteiger partial charge in [-0.15, -0.1) is 0 Å². The monoisotopic (exact) mass is 337 g/mol. The molecule has 7 heteroatoms. The second-order valence-electron chi connectivity index (χ2n) is 7.00. The van der Waals surface area contributed by atoms with Crippen LogP contribution >= 0.6 is 0 Å². The molecule has 0 aromatic heterocycles. The lowest BCUT2D eigenvalue weighted by Crippen LogP contribution is -2.52. The van der Waals surface area contributed by atoms with Crippen molar-refractivity contribution < 1.29 is 26.7 Å². The Kier molecular flexibility index (Phi) is 4.89. The number of alkyl halides is 3. The van der Waals surface area contributed by atoms with Gasteiger partial charge in [-0.1, -0.05) is 20.8 Å². The maximum atomic E-state index is 14.0. The fourth-order valence-corrected chi connectivity index (χ4v) is 2.76. The molecule has 0 bridgehead atoms. The largest absolute Gasteiger partial charge is 0.493 e. The highest BCUT2D eigenvalue weighted by Crippen LogP contribution is 2.35. The van der Waals surface area contributed by atoms with E-state index in [9.17, 15) is 22.0 Å². The third kappa shape index (κ3) is 4.80. The fraction of sp³-hybridized carbons (Fsp3) is 0.625. The van der Waals surface area contributed by atoms with Crippen LogP contribution in [0.3, 0.4) is 0 Å². The Morgan fingerprint density at radius 1 is 1.13 bits per heavy atom. The molecule has 130 valence electrons. The summed E-state index contributed by atoms with van der Waals surface area (Å²) in [5.74, 6) is -1.38. The van der Waals surface area contributed by atoms with Crippen molar-refractivity contribution >= 4 is 0 Å². The van der Waals surface area contributed by atoms with Crippen LogP contribution in [0.4, 0.5) is 22.0 Å². The molecule has 0 spiro atoms. The van der Waals surface area contributed by atoms with Crippen molar-refractivity contribution in [2.45, 2.75) is 32.4 Å². The van der Waals surface area contributed by atoms with Crippen LogP contribution in [0, 0.1) is 17.6 Å². The average molecular weight is 337 g/mol. The van der Waals surface area contributed by atoms with E-state index in [0.29, 0.717) is 0 Å². The van der Waals surface area contributed by atoms with Gasteiger partial charge in [0, 0.05) is 36.7 Å². The first-order chi connectivity index (χ1) is 10.5. The maximum absolute atomic E-state index is 14.0. The van der Waals surface area contributed by atoms with E-state index in [1.165, 1.54) is 4.90 Å². The number of halogens is 5. The van der Waals surface area contributed by atoms with E-state index in [1.807, 2.05) is 0 Å². The predicted octanol–water partition coefficient (Wildman–Crippen LogP) is 4.14. The lowest BCUT2D eigenvalue weighted by molar-refractivity contribution is -0.160. The van der Waals surface area contributed by atoms with E-state index >= 15 is 0 Å². The van der Waals surface area contributed by atoms with Crippen molar-refractivity contribution in [2.24, 2.45) is 5.92 Å². The van der Waals surface area contributed by atoms with Crippen LogP contribution in [-0.4, -0.2) is 37.3 Å². The van der Waals surface area contributed by atoms with Crippen LogP contribution in [0.2, 0.25) is 0 Å². The van der Waals surface area contributed by atoms with E-state index in [0.717, 1.165) is 12.1 Å². The van der Waals surface area contributed by atoms with Gasteiger partial charge in [-0.2, -0.15) is 13.2 Å². The van der Waals surface area contributed by atoms with E-state index in [1.54, 1.807) is 20.8 Å². The molecule has 0 atom stereocenters. The molecule has 0 N–H and O–H groups in total. The molecule has 0 saturated carbocycles. The fourth-order valence-electron chi connectivity index (χ4n) is 2.76. The minimum Gasteiger partial charge on any atom is -0.493 e. The molecule has 2 rings (SSSR count). The number of likely N-dealkylation sites (tertiary alicyclic amines) is 1. The van der Waals surface area contributed by atoms with Gasteiger partial charge in [0.1, 0.15) is 17.4 Å². The van der Waals surface area contributed by atoms with E-state index in [4.69, 9.17) is 4.74 Å². The first-order valence-corrected chi connectivity index (χ1v) is 7.37. The minimum atomic E-state index is -4.21. The molecule has 23 heavy (non-hydrogen) atoms. The van der Waals surface area contributed by atoms with Crippen LogP contribution in [0.5, 0.6) is 5.75 Å². The third-order valence-corrected chi connectivity index (χ3v) is 3.68. The summed E-state index contributed by atoms with van der Waals surface area (Å²) in [5.41, 5.74) is -0.305. The van der Waals surface area contributed by atoms with Gasteiger partial charge in [0.05, 0.1) is 13.2 Å². The first-order valence-electron chi connectivity index (χ1n) is 7.37.